The monoisotopic (exact) mass is 205 g/mol. The number of carbonyl (C=O) groups excluding carboxylic acids is 1. The normalized spacial score (nSPS) is 16.9. The van der Waals surface area contributed by atoms with Crippen LogP contribution < -0.4 is 10.2 Å². The van der Waals surface area contributed by atoms with Gasteiger partial charge >= 0.3 is 0 Å². The van der Waals surface area contributed by atoms with Crippen molar-refractivity contribution in [2.24, 2.45) is 0 Å². The molecule has 15 heavy (non-hydrogen) atoms. The van der Waals surface area contributed by atoms with E-state index in [1.54, 1.807) is 11.1 Å². The Bertz CT molecular complexity index is 347. The molecule has 1 N–H and O–H groups in total. The Balaban J connectivity index is 2.17. The maximum absolute atomic E-state index is 11.6. The number of amides is 1. The molecule has 0 atom stereocenters. The van der Waals surface area contributed by atoms with Crippen molar-refractivity contribution in [3.05, 3.63) is 24.0 Å². The third-order valence-corrected chi connectivity index (χ3v) is 2.57. The van der Waals surface area contributed by atoms with E-state index in [-0.39, 0.29) is 5.91 Å². The quantitative estimate of drug-likeness (QED) is 0.768. The lowest BCUT2D eigenvalue weighted by Gasteiger charge is -2.27. The highest BCUT2D eigenvalue weighted by Crippen LogP contribution is 2.14. The molecule has 2 rings (SSSR count). The number of hydrogen-bond donors (Lipinski definition) is 1. The van der Waals surface area contributed by atoms with Crippen LogP contribution >= 0.6 is 0 Å². The molecule has 1 amide bonds. The van der Waals surface area contributed by atoms with E-state index >= 15 is 0 Å². The van der Waals surface area contributed by atoms with Gasteiger partial charge in [-0.2, -0.15) is 0 Å². The summed E-state index contributed by atoms with van der Waals surface area (Å²) < 4.78 is 0. The molecule has 4 nitrogen and oxygen atoms in total. The average molecular weight is 205 g/mol. The number of aryl methyl sites for hydroxylation is 1. The van der Waals surface area contributed by atoms with Crippen molar-refractivity contribution in [1.29, 1.82) is 0 Å². The predicted molar refractivity (Wildman–Crippen MR) is 58.8 cm³/mol. The predicted octanol–water partition coefficient (Wildman–Crippen LogP) is 0.580. The van der Waals surface area contributed by atoms with Crippen LogP contribution in [0.3, 0.4) is 0 Å². The van der Waals surface area contributed by atoms with Crippen LogP contribution in [0.2, 0.25) is 0 Å². The Morgan fingerprint density at radius 3 is 3.00 bits per heavy atom. The van der Waals surface area contributed by atoms with Crippen molar-refractivity contribution < 1.29 is 4.79 Å². The van der Waals surface area contributed by atoms with Gasteiger partial charge in [-0.1, -0.05) is 6.92 Å². The summed E-state index contributed by atoms with van der Waals surface area (Å²) >= 11 is 0. The van der Waals surface area contributed by atoms with Gasteiger partial charge in [0.25, 0.3) is 0 Å². The molecule has 1 aliphatic heterocycles. The molecule has 0 radical (unpaired) electrons. The van der Waals surface area contributed by atoms with Gasteiger partial charge in [0, 0.05) is 18.8 Å². The van der Waals surface area contributed by atoms with Crippen LogP contribution in [0.1, 0.15) is 12.6 Å². The highest BCUT2D eigenvalue weighted by Gasteiger charge is 2.18. The van der Waals surface area contributed by atoms with Gasteiger partial charge in [0.1, 0.15) is 0 Å². The second-order valence-electron chi connectivity index (χ2n) is 3.58. The van der Waals surface area contributed by atoms with E-state index < -0.39 is 0 Å². The fourth-order valence-electron chi connectivity index (χ4n) is 1.66. The van der Waals surface area contributed by atoms with E-state index in [0.29, 0.717) is 6.54 Å². The zero-order valence-electron chi connectivity index (χ0n) is 8.86. The molecule has 1 aromatic rings. The van der Waals surface area contributed by atoms with Crippen molar-refractivity contribution in [3.63, 3.8) is 0 Å². The molecule has 0 unspecified atom stereocenters. The Hall–Kier alpha value is -1.42. The molecule has 1 saturated heterocycles. The van der Waals surface area contributed by atoms with Crippen LogP contribution in [0.15, 0.2) is 18.3 Å². The zero-order chi connectivity index (χ0) is 10.7. The van der Waals surface area contributed by atoms with Gasteiger partial charge in [0.2, 0.25) is 5.91 Å². The highest BCUT2D eigenvalue weighted by atomic mass is 16.2. The standard InChI is InChI=1S/C11H15N3O/c1-2-9-3-4-10(7-13-9)14-6-5-12-8-11(14)15/h3-4,7,12H,2,5-6,8H2,1H3. The van der Waals surface area contributed by atoms with E-state index in [9.17, 15) is 4.79 Å². The topological polar surface area (TPSA) is 45.2 Å². The molecule has 0 saturated carbocycles. The molecule has 0 aromatic carbocycles. The second kappa shape index (κ2) is 4.40. The summed E-state index contributed by atoms with van der Waals surface area (Å²) in [5, 5.41) is 3.05. The number of piperazine rings is 1. The Morgan fingerprint density at radius 1 is 1.53 bits per heavy atom. The third-order valence-electron chi connectivity index (χ3n) is 2.57. The lowest BCUT2D eigenvalue weighted by atomic mass is 10.2. The molecule has 2 heterocycles. The summed E-state index contributed by atoms with van der Waals surface area (Å²) in [6.45, 7) is 4.07. The van der Waals surface area contributed by atoms with E-state index in [1.165, 1.54) is 0 Å². The minimum atomic E-state index is 0.118. The highest BCUT2D eigenvalue weighted by molar-refractivity contribution is 5.95. The number of nitrogens with zero attached hydrogens (tertiary/aromatic N) is 2. The minimum Gasteiger partial charge on any atom is -0.309 e. The largest absolute Gasteiger partial charge is 0.309 e. The number of pyridine rings is 1. The van der Waals surface area contributed by atoms with Gasteiger partial charge in [-0.15, -0.1) is 0 Å². The number of nitrogens with one attached hydrogen (secondary N) is 1. The second-order valence-corrected chi connectivity index (χ2v) is 3.58. The number of hydrogen-bond acceptors (Lipinski definition) is 3. The van der Waals surface area contributed by atoms with E-state index in [4.69, 9.17) is 0 Å². The van der Waals surface area contributed by atoms with Crippen LogP contribution in [-0.2, 0) is 11.2 Å². The summed E-state index contributed by atoms with van der Waals surface area (Å²) in [5.41, 5.74) is 1.96. The van der Waals surface area contributed by atoms with Crippen molar-refractivity contribution in [3.8, 4) is 0 Å². The summed E-state index contributed by atoms with van der Waals surface area (Å²) in [6.07, 6.45) is 2.71. The number of carbonyl (C=O) groups is 1. The number of aromatic nitrogens is 1. The molecule has 1 fully saturated rings. The SMILES string of the molecule is CCc1ccc(N2CCNCC2=O)cn1. The fourth-order valence-corrected chi connectivity index (χ4v) is 1.66. The zero-order valence-corrected chi connectivity index (χ0v) is 8.86. The third kappa shape index (κ3) is 2.15. The van der Waals surface area contributed by atoms with Crippen LogP contribution in [0.5, 0.6) is 0 Å². The molecule has 0 aliphatic carbocycles. The summed E-state index contributed by atoms with van der Waals surface area (Å²) in [5.74, 6) is 0.118. The Morgan fingerprint density at radius 2 is 2.40 bits per heavy atom. The molecule has 4 heteroatoms. The van der Waals surface area contributed by atoms with Crippen molar-refractivity contribution in [2.75, 3.05) is 24.5 Å². The smallest absolute Gasteiger partial charge is 0.241 e. The van der Waals surface area contributed by atoms with Crippen LogP contribution in [-0.4, -0.2) is 30.5 Å². The van der Waals surface area contributed by atoms with Crippen molar-refractivity contribution in [2.45, 2.75) is 13.3 Å². The van der Waals surface area contributed by atoms with Crippen LogP contribution in [0.25, 0.3) is 0 Å². The Kier molecular flexibility index (Phi) is 2.97. The fraction of sp³-hybridized carbons (Fsp3) is 0.455. The van der Waals surface area contributed by atoms with E-state index in [2.05, 4.69) is 17.2 Å². The van der Waals surface area contributed by atoms with Crippen molar-refractivity contribution in [1.82, 2.24) is 10.3 Å². The first-order valence-electron chi connectivity index (χ1n) is 5.27. The van der Waals surface area contributed by atoms with Gasteiger partial charge in [-0.25, -0.2) is 0 Å². The maximum atomic E-state index is 11.6. The lowest BCUT2D eigenvalue weighted by Crippen LogP contribution is -2.48. The summed E-state index contributed by atoms with van der Waals surface area (Å²) in [7, 11) is 0. The van der Waals surface area contributed by atoms with Crippen LogP contribution in [0.4, 0.5) is 5.69 Å². The van der Waals surface area contributed by atoms with Gasteiger partial charge in [0.05, 0.1) is 18.4 Å². The summed E-state index contributed by atoms with van der Waals surface area (Å²) in [4.78, 5) is 17.7. The first-order chi connectivity index (χ1) is 7.31. The van der Waals surface area contributed by atoms with Crippen molar-refractivity contribution >= 4 is 11.6 Å². The van der Waals surface area contributed by atoms with E-state index in [1.807, 2.05) is 12.1 Å². The molecule has 0 spiro atoms. The lowest BCUT2D eigenvalue weighted by molar-refractivity contribution is -0.118. The van der Waals surface area contributed by atoms with Gasteiger partial charge in [-0.3, -0.25) is 9.78 Å². The van der Waals surface area contributed by atoms with Gasteiger partial charge in [-0.05, 0) is 18.6 Å². The van der Waals surface area contributed by atoms with E-state index in [0.717, 1.165) is 30.9 Å². The maximum Gasteiger partial charge on any atom is 0.241 e. The molecule has 80 valence electrons. The summed E-state index contributed by atoms with van der Waals surface area (Å²) in [6, 6.07) is 3.94. The Labute approximate surface area is 89.3 Å². The van der Waals surface area contributed by atoms with Gasteiger partial charge < -0.3 is 10.2 Å². The number of rotatable bonds is 2. The average Bonchev–Trinajstić information content (AvgIpc) is 2.30. The van der Waals surface area contributed by atoms with Crippen LogP contribution in [0, 0.1) is 0 Å². The molecule has 1 aliphatic rings. The molecular formula is C11H15N3O. The molecule has 0 bridgehead atoms. The minimum absolute atomic E-state index is 0.118. The van der Waals surface area contributed by atoms with Gasteiger partial charge in [0.15, 0.2) is 0 Å². The molecule has 1 aromatic heterocycles. The molecular weight excluding hydrogens is 190 g/mol. The first-order valence-corrected chi connectivity index (χ1v) is 5.27. The number of anilines is 1. The first kappa shape index (κ1) is 10.1.